The molecule has 5 aromatic heterocycles. The van der Waals surface area contributed by atoms with Gasteiger partial charge in [-0.1, -0.05) is 54.6 Å². The van der Waals surface area contributed by atoms with E-state index in [1.54, 1.807) is 0 Å². The Bertz CT molecular complexity index is 3110. The summed E-state index contributed by atoms with van der Waals surface area (Å²) in [6.07, 6.45) is 7.43. The number of hydrogen-bond donors (Lipinski definition) is 0. The van der Waals surface area contributed by atoms with Crippen LogP contribution in [0.3, 0.4) is 0 Å². The quantitative estimate of drug-likeness (QED) is 0.142. The molecule has 0 aliphatic carbocycles. The topological polar surface area (TPSA) is 12.2 Å². The average Bonchev–Trinajstić information content (AvgIpc) is 3.83. The molecule has 0 saturated carbocycles. The van der Waals surface area contributed by atoms with Crippen LogP contribution >= 0.6 is 11.3 Å². The van der Waals surface area contributed by atoms with E-state index in [4.69, 9.17) is 6.58 Å². The largest absolute Gasteiger partial charge is 0.308 e. The van der Waals surface area contributed by atoms with Crippen molar-refractivity contribution in [3.05, 3.63) is 157 Å². The molecule has 4 heteroatoms. The maximum absolute atomic E-state index is 4.77. The van der Waals surface area contributed by atoms with Gasteiger partial charge in [-0.2, -0.15) is 9.13 Å². The molecule has 0 saturated heterocycles. The van der Waals surface area contributed by atoms with Gasteiger partial charge in [-0.15, -0.1) is 11.3 Å². The molecular weight excluding hydrogens is 639 g/mol. The molecular formula is C47H33N3S+2. The van der Waals surface area contributed by atoms with Gasteiger partial charge in [-0.25, -0.2) is 0 Å². The van der Waals surface area contributed by atoms with Crippen LogP contribution in [0, 0.1) is 0 Å². The summed E-state index contributed by atoms with van der Waals surface area (Å²) in [5.41, 5.74) is 13.1. The number of hydrogen-bond acceptors (Lipinski definition) is 1. The first kappa shape index (κ1) is 27.9. The standard InChI is InChI=1S/C47H33N3S/c1-28-25-41-32(30-11-2-3-12-31(30)38-16-7-9-24-49(38)41)20-19-29-26-42-37(27-36(29)39-17-6-8-23-48(28)39)33-14-10-15-35-45-40(50(42)47(33)35)21-22-44-46(45)34-13-4-5-18-43(34)51-44/h2-18,21-24,26-27,32,41H,1,19-20,25H2/q+2. The van der Waals surface area contributed by atoms with Crippen LogP contribution in [0.1, 0.15) is 35.9 Å². The fourth-order valence-corrected chi connectivity index (χ4v) is 11.0. The van der Waals surface area contributed by atoms with Crippen LogP contribution in [0.4, 0.5) is 0 Å². The van der Waals surface area contributed by atoms with Crippen LogP contribution in [-0.4, -0.2) is 4.40 Å². The highest BCUT2D eigenvalue weighted by Gasteiger charge is 2.42. The van der Waals surface area contributed by atoms with Crippen LogP contribution in [0.25, 0.3) is 86.5 Å². The van der Waals surface area contributed by atoms with Crippen molar-refractivity contribution in [2.24, 2.45) is 0 Å². The highest BCUT2D eigenvalue weighted by molar-refractivity contribution is 7.26. The monoisotopic (exact) mass is 671 g/mol. The number of pyridine rings is 2. The first-order chi connectivity index (χ1) is 25.2. The summed E-state index contributed by atoms with van der Waals surface area (Å²) >= 11 is 1.90. The summed E-state index contributed by atoms with van der Waals surface area (Å²) in [5.74, 6) is 0.362. The molecule has 0 bridgehead atoms. The Morgan fingerprint density at radius 1 is 0.627 bits per heavy atom. The van der Waals surface area contributed by atoms with Gasteiger partial charge in [0, 0.05) is 77.5 Å². The Morgan fingerprint density at radius 2 is 1.43 bits per heavy atom. The van der Waals surface area contributed by atoms with Crippen LogP contribution in [0.15, 0.2) is 146 Å². The van der Waals surface area contributed by atoms with Gasteiger partial charge >= 0.3 is 0 Å². The van der Waals surface area contributed by atoms with Gasteiger partial charge in [-0.3, -0.25) is 0 Å². The van der Waals surface area contributed by atoms with E-state index in [9.17, 15) is 0 Å². The van der Waals surface area contributed by atoms with Crippen LogP contribution < -0.4 is 9.13 Å². The van der Waals surface area contributed by atoms with E-state index >= 15 is 0 Å². The number of aryl methyl sites for hydroxylation is 1. The third-order valence-electron chi connectivity index (χ3n) is 12.0. The van der Waals surface area contributed by atoms with Gasteiger partial charge in [-0.05, 0) is 79.1 Å². The summed E-state index contributed by atoms with van der Waals surface area (Å²) in [5, 5.41) is 8.10. The van der Waals surface area contributed by atoms with Gasteiger partial charge in [0.05, 0.1) is 28.5 Å². The third kappa shape index (κ3) is 3.67. The minimum Gasteiger partial charge on any atom is -0.308 e. The van der Waals surface area contributed by atoms with Crippen LogP contribution in [0.5, 0.6) is 0 Å². The second kappa shape index (κ2) is 10.1. The van der Waals surface area contributed by atoms with Crippen molar-refractivity contribution in [3.8, 4) is 22.5 Å². The zero-order valence-corrected chi connectivity index (χ0v) is 28.8. The lowest BCUT2D eigenvalue weighted by Gasteiger charge is -2.31. The minimum atomic E-state index is 0.278. The SMILES string of the molecule is C=C1CC2C(CCc3cc4c(cc3-c3cccc[n+]31)c1cccc3c5c6c(ccc5n4c13)sc1ccccc16)c1ccccc1-c1cccc[n+]12. The Labute approximate surface area is 298 Å². The Morgan fingerprint density at radius 3 is 2.39 bits per heavy atom. The molecule has 2 atom stereocenters. The van der Waals surface area contributed by atoms with Crippen molar-refractivity contribution in [2.45, 2.75) is 31.2 Å². The Hall–Kier alpha value is -5.84. The normalized spacial score (nSPS) is 17.2. The molecule has 12 rings (SSSR count). The van der Waals surface area contributed by atoms with Crippen molar-refractivity contribution in [1.82, 2.24) is 4.40 Å². The number of nitrogens with zero attached hydrogens (tertiary/aromatic N) is 3. The molecule has 51 heavy (non-hydrogen) atoms. The third-order valence-corrected chi connectivity index (χ3v) is 13.2. The number of thiophene rings is 1. The van der Waals surface area contributed by atoms with E-state index in [-0.39, 0.29) is 6.04 Å². The summed E-state index contributed by atoms with van der Waals surface area (Å²) in [6, 6.07) is 48.2. The molecule has 5 aromatic carbocycles. The van der Waals surface area contributed by atoms with Gasteiger partial charge in [0.2, 0.25) is 11.4 Å². The van der Waals surface area contributed by atoms with Gasteiger partial charge < -0.3 is 4.40 Å². The molecule has 240 valence electrons. The number of allylic oxidation sites excluding steroid dienone is 1. The summed E-state index contributed by atoms with van der Waals surface area (Å²) in [7, 11) is 0. The first-order valence-corrected chi connectivity index (χ1v) is 18.9. The molecule has 7 heterocycles. The van der Waals surface area contributed by atoms with E-state index in [1.807, 2.05) is 11.3 Å². The van der Waals surface area contributed by atoms with E-state index in [2.05, 4.69) is 153 Å². The molecule has 2 unspecified atom stereocenters. The van der Waals surface area contributed by atoms with Crippen LogP contribution in [-0.2, 0) is 6.42 Å². The minimum absolute atomic E-state index is 0.278. The van der Waals surface area contributed by atoms with E-state index in [0.717, 1.165) is 25.0 Å². The highest BCUT2D eigenvalue weighted by Crippen LogP contribution is 2.48. The molecule has 3 nitrogen and oxygen atoms in total. The lowest BCUT2D eigenvalue weighted by atomic mass is 9.77. The number of para-hydroxylation sites is 1. The summed E-state index contributed by atoms with van der Waals surface area (Å²) in [4.78, 5) is 0. The van der Waals surface area contributed by atoms with Gasteiger partial charge in [0.15, 0.2) is 24.1 Å². The zero-order valence-electron chi connectivity index (χ0n) is 28.0. The molecule has 0 N–H and O–H groups in total. The maximum atomic E-state index is 4.77. The van der Waals surface area contributed by atoms with Crippen molar-refractivity contribution < 1.29 is 9.13 Å². The zero-order chi connectivity index (χ0) is 33.4. The van der Waals surface area contributed by atoms with Crippen molar-refractivity contribution in [3.63, 3.8) is 0 Å². The Kier molecular flexibility index (Phi) is 5.54. The average molecular weight is 672 g/mol. The number of aromatic nitrogens is 3. The number of fused-ring (bicyclic) bond motifs is 19. The van der Waals surface area contributed by atoms with E-state index in [0.29, 0.717) is 5.92 Å². The molecule has 2 aliphatic rings. The van der Waals surface area contributed by atoms with E-state index in [1.165, 1.54) is 91.9 Å². The number of rotatable bonds is 0. The molecule has 0 radical (unpaired) electrons. The maximum Gasteiger partial charge on any atom is 0.218 e. The lowest BCUT2D eigenvalue weighted by Crippen LogP contribution is -2.49. The Balaban J connectivity index is 1.15. The highest BCUT2D eigenvalue weighted by atomic mass is 32.1. The first-order valence-electron chi connectivity index (χ1n) is 18.1. The second-order valence-corrected chi connectivity index (χ2v) is 15.6. The fourth-order valence-electron chi connectivity index (χ4n) is 9.92. The molecule has 2 aliphatic heterocycles. The smallest absolute Gasteiger partial charge is 0.218 e. The summed E-state index contributed by atoms with van der Waals surface area (Å²) < 4.78 is 10.2. The van der Waals surface area contributed by atoms with Crippen LogP contribution in [0.2, 0.25) is 0 Å². The summed E-state index contributed by atoms with van der Waals surface area (Å²) in [6.45, 7) is 4.77. The molecule has 0 amide bonds. The lowest BCUT2D eigenvalue weighted by molar-refractivity contribution is -0.720. The number of benzene rings is 5. The van der Waals surface area contributed by atoms with Crippen molar-refractivity contribution >= 4 is 75.3 Å². The fraction of sp³-hybridized carbons (Fsp3) is 0.106. The predicted octanol–water partition coefficient (Wildman–Crippen LogP) is 11.3. The molecule has 0 spiro atoms. The van der Waals surface area contributed by atoms with Crippen molar-refractivity contribution in [1.29, 1.82) is 0 Å². The van der Waals surface area contributed by atoms with Crippen molar-refractivity contribution in [2.75, 3.05) is 0 Å². The van der Waals surface area contributed by atoms with Gasteiger partial charge in [0.25, 0.3) is 0 Å². The predicted molar refractivity (Wildman–Crippen MR) is 212 cm³/mol. The van der Waals surface area contributed by atoms with E-state index < -0.39 is 0 Å². The van der Waals surface area contributed by atoms with Gasteiger partial charge in [0.1, 0.15) is 0 Å². The second-order valence-electron chi connectivity index (χ2n) is 14.5. The molecule has 0 fully saturated rings. The molecule has 10 aromatic rings.